The van der Waals surface area contributed by atoms with Crippen LogP contribution in [0.3, 0.4) is 0 Å². The number of hydrogen-bond acceptors (Lipinski definition) is 6. The summed E-state index contributed by atoms with van der Waals surface area (Å²) in [6, 6.07) is 4.24. The summed E-state index contributed by atoms with van der Waals surface area (Å²) in [5.41, 5.74) is 2.97. The van der Waals surface area contributed by atoms with Gasteiger partial charge in [0, 0.05) is 38.6 Å². The maximum atomic E-state index is 12.7. The molecule has 0 unspecified atom stereocenters. The molecule has 4 atom stereocenters. The molecule has 0 radical (unpaired) electrons. The molecule has 2 saturated carbocycles. The van der Waals surface area contributed by atoms with Gasteiger partial charge in [-0.05, 0) is 55.1 Å². The van der Waals surface area contributed by atoms with Crippen LogP contribution in [0.2, 0.25) is 0 Å². The molecule has 3 aliphatic rings. The Morgan fingerprint density at radius 3 is 2.79 bits per heavy atom. The lowest BCUT2D eigenvalue weighted by Gasteiger charge is -2.38. The maximum Gasteiger partial charge on any atom is 0.263 e. The largest absolute Gasteiger partial charge is 0.376 e. The van der Waals surface area contributed by atoms with Crippen molar-refractivity contribution in [3.05, 3.63) is 46.7 Å². The van der Waals surface area contributed by atoms with Gasteiger partial charge in [-0.2, -0.15) is 0 Å². The smallest absolute Gasteiger partial charge is 0.263 e. The van der Waals surface area contributed by atoms with E-state index in [9.17, 15) is 4.79 Å². The molecule has 1 N–H and O–H groups in total. The van der Waals surface area contributed by atoms with Crippen LogP contribution in [0, 0.1) is 17.8 Å². The predicted octanol–water partition coefficient (Wildman–Crippen LogP) is 2.97. The van der Waals surface area contributed by atoms with Crippen molar-refractivity contribution in [1.82, 2.24) is 20.2 Å². The zero-order chi connectivity index (χ0) is 19.6. The number of carbonyl (C=O) groups excluding carboxylic acids is 1. The Morgan fingerprint density at radius 2 is 2.07 bits per heavy atom. The molecule has 7 heteroatoms. The van der Waals surface area contributed by atoms with Gasteiger partial charge in [0.05, 0.1) is 23.9 Å². The minimum atomic E-state index is -0.0128. The summed E-state index contributed by atoms with van der Waals surface area (Å²) in [7, 11) is 0. The third-order valence-electron chi connectivity index (χ3n) is 6.54. The lowest BCUT2D eigenvalue weighted by Crippen LogP contribution is -2.50. The zero-order valence-corrected chi connectivity index (χ0v) is 17.4. The van der Waals surface area contributed by atoms with Crippen LogP contribution in [0.15, 0.2) is 36.2 Å². The van der Waals surface area contributed by atoms with Crippen molar-refractivity contribution >= 4 is 17.2 Å². The molecule has 1 aliphatic heterocycles. The van der Waals surface area contributed by atoms with E-state index in [-0.39, 0.29) is 18.1 Å². The van der Waals surface area contributed by atoms with Crippen LogP contribution < -0.4 is 5.32 Å². The molecule has 1 amide bonds. The third-order valence-corrected chi connectivity index (χ3v) is 7.31. The molecule has 2 aromatic rings. The van der Waals surface area contributed by atoms with Crippen molar-refractivity contribution < 1.29 is 9.53 Å². The molecule has 154 valence electrons. The van der Waals surface area contributed by atoms with Gasteiger partial charge in [-0.1, -0.05) is 6.07 Å². The van der Waals surface area contributed by atoms with Crippen molar-refractivity contribution in [2.24, 2.45) is 17.8 Å². The van der Waals surface area contributed by atoms with E-state index in [0.29, 0.717) is 16.7 Å². The molecule has 1 saturated heterocycles. The fourth-order valence-corrected chi connectivity index (χ4v) is 5.36. The molecule has 0 spiro atoms. The lowest BCUT2D eigenvalue weighted by atomic mass is 9.77. The fraction of sp³-hybridized carbons (Fsp3) is 0.591. The predicted molar refractivity (Wildman–Crippen MR) is 112 cm³/mol. The van der Waals surface area contributed by atoms with Crippen molar-refractivity contribution in [3.63, 3.8) is 0 Å². The SMILES string of the molecule is O=C(N[C@H]1C[C@H]2CN(Cc3cccnc3)C[C@H]2C[C@@H]1OCC1CC1)c1cncs1. The number of nitrogens with zero attached hydrogens (tertiary/aromatic N) is 3. The summed E-state index contributed by atoms with van der Waals surface area (Å²) in [6.45, 7) is 3.99. The summed E-state index contributed by atoms with van der Waals surface area (Å²) in [6.07, 6.45) is 10.2. The second kappa shape index (κ2) is 8.50. The fourth-order valence-electron chi connectivity index (χ4n) is 4.84. The molecule has 2 aliphatic carbocycles. The number of nitrogens with one attached hydrogen (secondary N) is 1. The number of hydrogen-bond donors (Lipinski definition) is 1. The van der Waals surface area contributed by atoms with E-state index in [1.54, 1.807) is 11.7 Å². The summed E-state index contributed by atoms with van der Waals surface area (Å²) in [5.74, 6) is 1.98. The third kappa shape index (κ3) is 4.68. The lowest BCUT2D eigenvalue weighted by molar-refractivity contribution is -0.0211. The highest BCUT2D eigenvalue weighted by Gasteiger charge is 2.43. The summed E-state index contributed by atoms with van der Waals surface area (Å²) >= 11 is 1.39. The molecule has 6 nitrogen and oxygen atoms in total. The molecular formula is C22H28N4O2S. The van der Waals surface area contributed by atoms with Gasteiger partial charge >= 0.3 is 0 Å². The Bertz CT molecular complexity index is 811. The number of carbonyl (C=O) groups is 1. The summed E-state index contributed by atoms with van der Waals surface area (Å²) in [4.78, 5) is 24.2. The average Bonchev–Trinajstić information content (AvgIpc) is 3.23. The normalized spacial score (nSPS) is 29.5. The van der Waals surface area contributed by atoms with E-state index in [1.807, 2.05) is 18.5 Å². The Morgan fingerprint density at radius 1 is 1.21 bits per heavy atom. The highest BCUT2D eigenvalue weighted by molar-refractivity contribution is 7.11. The van der Waals surface area contributed by atoms with E-state index in [2.05, 4.69) is 26.3 Å². The molecule has 5 rings (SSSR count). The highest BCUT2D eigenvalue weighted by atomic mass is 32.1. The molecule has 0 bridgehead atoms. The Labute approximate surface area is 175 Å². The molecular weight excluding hydrogens is 384 g/mol. The van der Waals surface area contributed by atoms with Gasteiger partial charge in [0.2, 0.25) is 0 Å². The van der Waals surface area contributed by atoms with E-state index in [0.717, 1.165) is 45.0 Å². The van der Waals surface area contributed by atoms with E-state index in [1.165, 1.54) is 29.7 Å². The second-order valence-corrected chi connectivity index (χ2v) is 9.69. The molecule has 0 aromatic carbocycles. The minimum Gasteiger partial charge on any atom is -0.376 e. The number of ether oxygens (including phenoxy) is 1. The average molecular weight is 413 g/mol. The number of pyridine rings is 1. The summed E-state index contributed by atoms with van der Waals surface area (Å²) < 4.78 is 6.34. The van der Waals surface area contributed by atoms with E-state index < -0.39 is 0 Å². The van der Waals surface area contributed by atoms with Crippen LogP contribution in [0.5, 0.6) is 0 Å². The van der Waals surface area contributed by atoms with E-state index >= 15 is 0 Å². The first-order chi connectivity index (χ1) is 14.2. The van der Waals surface area contributed by atoms with E-state index in [4.69, 9.17) is 4.74 Å². The van der Waals surface area contributed by atoms with Crippen molar-refractivity contribution in [3.8, 4) is 0 Å². The molecule has 3 heterocycles. The van der Waals surface area contributed by atoms with Crippen molar-refractivity contribution in [2.75, 3.05) is 19.7 Å². The van der Waals surface area contributed by atoms with Gasteiger partial charge < -0.3 is 10.1 Å². The van der Waals surface area contributed by atoms with Gasteiger partial charge in [0.1, 0.15) is 4.88 Å². The highest BCUT2D eigenvalue weighted by Crippen LogP contribution is 2.39. The number of amides is 1. The van der Waals surface area contributed by atoms with Gasteiger partial charge in [-0.25, -0.2) is 0 Å². The first kappa shape index (κ1) is 19.2. The standard InChI is InChI=1S/C22H28N4O2S/c27-22(21-9-24-14-29-21)25-19-6-17-11-26(10-16-2-1-5-23-8-16)12-18(17)7-20(19)28-13-15-3-4-15/h1-2,5,8-9,14-15,17-20H,3-4,6-7,10-13H2,(H,25,27)/t17-,18+,19-,20-/m0/s1. The van der Waals surface area contributed by atoms with Gasteiger partial charge in [0.25, 0.3) is 5.91 Å². The zero-order valence-electron chi connectivity index (χ0n) is 16.6. The topological polar surface area (TPSA) is 67.4 Å². The molecule has 29 heavy (non-hydrogen) atoms. The monoisotopic (exact) mass is 412 g/mol. The summed E-state index contributed by atoms with van der Waals surface area (Å²) in [5, 5.41) is 3.27. The first-order valence-corrected chi connectivity index (χ1v) is 11.5. The van der Waals surface area contributed by atoms with Crippen LogP contribution in [0.25, 0.3) is 0 Å². The quantitative estimate of drug-likeness (QED) is 0.757. The molecule has 3 fully saturated rings. The maximum absolute atomic E-state index is 12.7. The van der Waals surface area contributed by atoms with Crippen LogP contribution in [0.4, 0.5) is 0 Å². The Kier molecular flexibility index (Phi) is 5.61. The number of aromatic nitrogens is 2. The van der Waals surface area contributed by atoms with Crippen LogP contribution in [0.1, 0.15) is 40.9 Å². The van der Waals surface area contributed by atoms with Gasteiger partial charge in [-0.3, -0.25) is 19.7 Å². The number of thiazole rings is 1. The van der Waals surface area contributed by atoms with Crippen molar-refractivity contribution in [1.29, 1.82) is 0 Å². The molecule has 2 aromatic heterocycles. The second-order valence-electron chi connectivity index (χ2n) is 8.81. The van der Waals surface area contributed by atoms with Crippen LogP contribution in [-0.4, -0.2) is 52.6 Å². The van der Waals surface area contributed by atoms with Gasteiger partial charge in [-0.15, -0.1) is 11.3 Å². The van der Waals surface area contributed by atoms with Crippen LogP contribution >= 0.6 is 11.3 Å². The van der Waals surface area contributed by atoms with Crippen molar-refractivity contribution in [2.45, 2.75) is 44.4 Å². The first-order valence-electron chi connectivity index (χ1n) is 10.7. The van der Waals surface area contributed by atoms with Gasteiger partial charge in [0.15, 0.2) is 0 Å². The minimum absolute atomic E-state index is 0.0128. The van der Waals surface area contributed by atoms with Crippen LogP contribution in [-0.2, 0) is 11.3 Å². The Hall–Kier alpha value is -1.83. The number of fused-ring (bicyclic) bond motifs is 1. The number of rotatable bonds is 7. The Balaban J connectivity index is 1.24. The number of likely N-dealkylation sites (tertiary alicyclic amines) is 1.